The van der Waals surface area contributed by atoms with Gasteiger partial charge in [0.05, 0.1) is 13.2 Å². The topological polar surface area (TPSA) is 56.8 Å². The van der Waals surface area contributed by atoms with Crippen molar-refractivity contribution in [2.75, 3.05) is 32.2 Å². The zero-order valence-electron chi connectivity index (χ0n) is 16.9. The fourth-order valence-corrected chi connectivity index (χ4v) is 2.71. The van der Waals surface area contributed by atoms with Gasteiger partial charge >= 0.3 is 0 Å². The van der Waals surface area contributed by atoms with E-state index in [1.54, 1.807) is 25.3 Å². The molecule has 5 nitrogen and oxygen atoms in total. The van der Waals surface area contributed by atoms with Gasteiger partial charge in [0.25, 0.3) is 5.91 Å². The van der Waals surface area contributed by atoms with Crippen LogP contribution in [0.4, 0.5) is 5.69 Å². The smallest absolute Gasteiger partial charge is 0.255 e. The van der Waals surface area contributed by atoms with Crippen LogP contribution < -0.4 is 14.8 Å². The molecule has 0 heterocycles. The van der Waals surface area contributed by atoms with Gasteiger partial charge in [0.15, 0.2) is 0 Å². The Bertz CT molecular complexity index is 700. The van der Waals surface area contributed by atoms with Crippen molar-refractivity contribution >= 4 is 11.6 Å². The monoisotopic (exact) mass is 385 g/mol. The highest BCUT2D eigenvalue weighted by molar-refractivity contribution is 6.04. The number of anilines is 1. The van der Waals surface area contributed by atoms with Crippen molar-refractivity contribution in [3.8, 4) is 11.5 Å². The zero-order chi connectivity index (χ0) is 20.0. The van der Waals surface area contributed by atoms with Gasteiger partial charge in [0, 0.05) is 24.4 Å². The Balaban J connectivity index is 1.80. The van der Waals surface area contributed by atoms with Crippen LogP contribution in [0.1, 0.15) is 49.4 Å². The van der Waals surface area contributed by atoms with E-state index in [-0.39, 0.29) is 5.91 Å². The van der Waals surface area contributed by atoms with Crippen LogP contribution in [0.15, 0.2) is 48.5 Å². The third-order valence-electron chi connectivity index (χ3n) is 4.28. The summed E-state index contributed by atoms with van der Waals surface area (Å²) in [5, 5.41) is 2.89. The average Bonchev–Trinajstić information content (AvgIpc) is 2.71. The number of hydrogen-bond donors (Lipinski definition) is 1. The largest absolute Gasteiger partial charge is 0.494 e. The summed E-state index contributed by atoms with van der Waals surface area (Å²) in [5.41, 5.74) is 1.27. The second kappa shape index (κ2) is 12.8. The van der Waals surface area contributed by atoms with E-state index in [0.717, 1.165) is 12.2 Å². The number of nitrogens with one attached hydrogen (secondary N) is 1. The van der Waals surface area contributed by atoms with E-state index in [2.05, 4.69) is 12.2 Å². The van der Waals surface area contributed by atoms with E-state index >= 15 is 0 Å². The Labute approximate surface area is 168 Å². The van der Waals surface area contributed by atoms with Gasteiger partial charge in [-0.15, -0.1) is 0 Å². The summed E-state index contributed by atoms with van der Waals surface area (Å²) in [4.78, 5) is 12.4. The number of ether oxygens (including phenoxy) is 3. The van der Waals surface area contributed by atoms with Gasteiger partial charge in [-0.3, -0.25) is 4.79 Å². The van der Waals surface area contributed by atoms with Crippen molar-refractivity contribution in [2.45, 2.75) is 39.0 Å². The van der Waals surface area contributed by atoms with Crippen LogP contribution in [0.5, 0.6) is 11.5 Å². The molecule has 1 amide bonds. The van der Waals surface area contributed by atoms with Crippen molar-refractivity contribution in [3.63, 3.8) is 0 Å². The van der Waals surface area contributed by atoms with Gasteiger partial charge in [-0.25, -0.2) is 0 Å². The van der Waals surface area contributed by atoms with Gasteiger partial charge in [-0.05, 0) is 42.8 Å². The summed E-state index contributed by atoms with van der Waals surface area (Å²) >= 11 is 0. The van der Waals surface area contributed by atoms with Crippen LogP contribution in [-0.2, 0) is 4.74 Å². The van der Waals surface area contributed by atoms with Crippen molar-refractivity contribution in [1.29, 1.82) is 0 Å². The van der Waals surface area contributed by atoms with Crippen molar-refractivity contribution < 1.29 is 19.0 Å². The molecule has 0 aliphatic carbocycles. The van der Waals surface area contributed by atoms with E-state index in [4.69, 9.17) is 14.2 Å². The van der Waals surface area contributed by atoms with Gasteiger partial charge in [-0.2, -0.15) is 0 Å². The molecule has 0 fully saturated rings. The second-order valence-electron chi connectivity index (χ2n) is 6.61. The minimum Gasteiger partial charge on any atom is -0.494 e. The van der Waals surface area contributed by atoms with Gasteiger partial charge in [0.2, 0.25) is 0 Å². The summed E-state index contributed by atoms with van der Waals surface area (Å²) < 4.78 is 16.3. The fraction of sp³-hybridized carbons (Fsp3) is 0.435. The van der Waals surface area contributed by atoms with E-state index in [1.165, 1.54) is 25.7 Å². The van der Waals surface area contributed by atoms with E-state index in [1.807, 2.05) is 30.3 Å². The molecule has 0 bridgehead atoms. The Hall–Kier alpha value is -2.53. The fourth-order valence-electron chi connectivity index (χ4n) is 2.71. The first-order valence-corrected chi connectivity index (χ1v) is 9.99. The summed E-state index contributed by atoms with van der Waals surface area (Å²) in [5.74, 6) is 1.32. The Morgan fingerprint density at radius 1 is 0.857 bits per heavy atom. The molecule has 0 aromatic heterocycles. The maximum absolute atomic E-state index is 12.4. The van der Waals surface area contributed by atoms with Crippen LogP contribution in [0.3, 0.4) is 0 Å². The summed E-state index contributed by atoms with van der Waals surface area (Å²) in [6.45, 7) is 3.91. The van der Waals surface area contributed by atoms with Crippen LogP contribution in [0, 0.1) is 0 Å². The molecular formula is C23H31NO4. The summed E-state index contributed by atoms with van der Waals surface area (Å²) in [7, 11) is 1.63. The minimum absolute atomic E-state index is 0.167. The third-order valence-corrected chi connectivity index (χ3v) is 4.28. The molecule has 2 aromatic rings. The second-order valence-corrected chi connectivity index (χ2v) is 6.61. The lowest BCUT2D eigenvalue weighted by molar-refractivity contribution is 0.102. The number of methoxy groups -OCH3 is 1. The predicted molar refractivity (Wildman–Crippen MR) is 112 cm³/mol. The number of unbranched alkanes of at least 4 members (excludes halogenated alkanes) is 4. The Morgan fingerprint density at radius 2 is 1.61 bits per heavy atom. The quantitative estimate of drug-likeness (QED) is 0.475. The molecule has 152 valence electrons. The summed E-state index contributed by atoms with van der Waals surface area (Å²) in [6, 6.07) is 14.5. The maximum Gasteiger partial charge on any atom is 0.255 e. The van der Waals surface area contributed by atoms with Gasteiger partial charge < -0.3 is 19.5 Å². The number of carbonyl (C=O) groups excluding carboxylic acids is 1. The molecule has 1 N–H and O–H groups in total. The third kappa shape index (κ3) is 8.01. The molecular weight excluding hydrogens is 354 g/mol. The molecule has 0 spiro atoms. The average molecular weight is 386 g/mol. The highest BCUT2D eigenvalue weighted by atomic mass is 16.5. The first-order chi connectivity index (χ1) is 13.7. The maximum atomic E-state index is 12.4. The first-order valence-electron chi connectivity index (χ1n) is 9.99. The summed E-state index contributed by atoms with van der Waals surface area (Å²) in [6.07, 6.45) is 6.05. The normalized spacial score (nSPS) is 10.5. The number of benzene rings is 2. The number of carbonyl (C=O) groups is 1. The standard InChI is InChI=1S/C23H31NO4/c1-3-4-5-6-7-15-27-21-13-11-19(12-14-21)23(25)24-20-9-8-10-22(18-20)28-17-16-26-2/h8-14,18H,3-7,15-17H2,1-2H3,(H,24,25). The molecule has 2 rings (SSSR count). The molecule has 0 unspecified atom stereocenters. The Morgan fingerprint density at radius 3 is 2.36 bits per heavy atom. The SMILES string of the molecule is CCCCCCCOc1ccc(C(=O)Nc2cccc(OCCOC)c2)cc1. The van der Waals surface area contributed by atoms with Crippen LogP contribution in [0.25, 0.3) is 0 Å². The lowest BCUT2D eigenvalue weighted by atomic mass is 10.1. The Kier molecular flexibility index (Phi) is 9.94. The lowest BCUT2D eigenvalue weighted by Gasteiger charge is -2.10. The highest BCUT2D eigenvalue weighted by Gasteiger charge is 2.07. The minimum atomic E-state index is -0.167. The van der Waals surface area contributed by atoms with E-state index < -0.39 is 0 Å². The molecule has 2 aromatic carbocycles. The molecule has 0 aliphatic heterocycles. The van der Waals surface area contributed by atoms with E-state index in [9.17, 15) is 4.79 Å². The molecule has 0 radical (unpaired) electrons. The highest BCUT2D eigenvalue weighted by Crippen LogP contribution is 2.19. The molecule has 0 atom stereocenters. The van der Waals surface area contributed by atoms with Gasteiger partial charge in [-0.1, -0.05) is 38.7 Å². The van der Waals surface area contributed by atoms with Crippen LogP contribution in [-0.4, -0.2) is 32.8 Å². The molecule has 5 heteroatoms. The zero-order valence-corrected chi connectivity index (χ0v) is 16.9. The van der Waals surface area contributed by atoms with Crippen LogP contribution >= 0.6 is 0 Å². The molecule has 0 saturated heterocycles. The van der Waals surface area contributed by atoms with Crippen LogP contribution in [0.2, 0.25) is 0 Å². The molecule has 0 aliphatic rings. The van der Waals surface area contributed by atoms with Crippen molar-refractivity contribution in [1.82, 2.24) is 0 Å². The van der Waals surface area contributed by atoms with Crippen molar-refractivity contribution in [3.05, 3.63) is 54.1 Å². The molecule has 0 saturated carbocycles. The van der Waals surface area contributed by atoms with Crippen molar-refractivity contribution in [2.24, 2.45) is 0 Å². The lowest BCUT2D eigenvalue weighted by Crippen LogP contribution is -2.12. The van der Waals surface area contributed by atoms with Gasteiger partial charge in [0.1, 0.15) is 18.1 Å². The number of hydrogen-bond acceptors (Lipinski definition) is 4. The number of amides is 1. The molecule has 28 heavy (non-hydrogen) atoms. The first kappa shape index (κ1) is 21.8. The predicted octanol–water partition coefficient (Wildman–Crippen LogP) is 5.31. The number of rotatable bonds is 13. The van der Waals surface area contributed by atoms with E-state index in [0.29, 0.717) is 36.8 Å².